The molecule has 0 saturated carbocycles. The molecule has 3 heteroatoms. The third-order valence-corrected chi connectivity index (χ3v) is 4.85. The molecule has 0 aromatic heterocycles. The van der Waals surface area contributed by atoms with Gasteiger partial charge in [0.25, 0.3) is 0 Å². The highest BCUT2D eigenvalue weighted by Gasteiger charge is 2.41. The summed E-state index contributed by atoms with van der Waals surface area (Å²) < 4.78 is 4.78. The standard InChI is InChI=1S/C18H24O3/c1-12(2)15-8-6-13-5-7-14(19)11-16(13)18(15,3)10-9-17(20)21-4/h5,7,11,15,19H,1,6,8-10H2,2-4H3. The Morgan fingerprint density at radius 2 is 2.24 bits per heavy atom. The number of ether oxygens (including phenoxy) is 1. The number of phenols is 1. The number of aromatic hydroxyl groups is 1. The van der Waals surface area contributed by atoms with E-state index < -0.39 is 0 Å². The summed E-state index contributed by atoms with van der Waals surface area (Å²) in [7, 11) is 1.42. The SMILES string of the molecule is C=C(C)C1CCc2ccc(O)cc2C1(C)CCC(=O)OC. The van der Waals surface area contributed by atoms with E-state index in [0.717, 1.165) is 24.0 Å². The zero-order valence-electron chi connectivity index (χ0n) is 13.1. The maximum atomic E-state index is 11.6. The normalized spacial score (nSPS) is 24.2. The Morgan fingerprint density at radius 3 is 2.86 bits per heavy atom. The number of benzene rings is 1. The summed E-state index contributed by atoms with van der Waals surface area (Å²) in [6.45, 7) is 8.36. The van der Waals surface area contributed by atoms with Crippen LogP contribution >= 0.6 is 0 Å². The van der Waals surface area contributed by atoms with Gasteiger partial charge in [0.1, 0.15) is 5.75 Å². The summed E-state index contributed by atoms with van der Waals surface area (Å²) in [5.41, 5.74) is 3.35. The summed E-state index contributed by atoms with van der Waals surface area (Å²) in [6, 6.07) is 5.58. The first-order valence-electron chi connectivity index (χ1n) is 7.43. The van der Waals surface area contributed by atoms with Crippen LogP contribution in [0.25, 0.3) is 0 Å². The zero-order valence-corrected chi connectivity index (χ0v) is 13.1. The fourth-order valence-electron chi connectivity index (χ4n) is 3.68. The van der Waals surface area contributed by atoms with Crippen LogP contribution in [0.2, 0.25) is 0 Å². The van der Waals surface area contributed by atoms with Crippen molar-refractivity contribution in [3.63, 3.8) is 0 Å². The average molecular weight is 288 g/mol. The first-order valence-corrected chi connectivity index (χ1v) is 7.43. The molecule has 114 valence electrons. The topological polar surface area (TPSA) is 46.5 Å². The molecular weight excluding hydrogens is 264 g/mol. The van der Waals surface area contributed by atoms with E-state index in [4.69, 9.17) is 4.74 Å². The molecule has 2 atom stereocenters. The fourth-order valence-corrected chi connectivity index (χ4v) is 3.68. The third kappa shape index (κ3) is 2.97. The van der Waals surface area contributed by atoms with Gasteiger partial charge in [0.05, 0.1) is 7.11 Å². The highest BCUT2D eigenvalue weighted by atomic mass is 16.5. The van der Waals surface area contributed by atoms with Crippen molar-refractivity contribution >= 4 is 5.97 Å². The molecule has 1 aromatic rings. The van der Waals surface area contributed by atoms with E-state index in [9.17, 15) is 9.90 Å². The van der Waals surface area contributed by atoms with Crippen LogP contribution < -0.4 is 0 Å². The van der Waals surface area contributed by atoms with Crippen LogP contribution in [0.4, 0.5) is 0 Å². The van der Waals surface area contributed by atoms with Crippen molar-refractivity contribution in [2.75, 3.05) is 7.11 Å². The van der Waals surface area contributed by atoms with Crippen molar-refractivity contribution in [2.24, 2.45) is 5.92 Å². The first kappa shape index (κ1) is 15.6. The van der Waals surface area contributed by atoms with Crippen molar-refractivity contribution < 1.29 is 14.6 Å². The lowest BCUT2D eigenvalue weighted by Crippen LogP contribution is -2.38. The van der Waals surface area contributed by atoms with Crippen molar-refractivity contribution in [1.29, 1.82) is 0 Å². The highest BCUT2D eigenvalue weighted by Crippen LogP contribution is 2.48. The lowest BCUT2D eigenvalue weighted by atomic mass is 9.60. The van der Waals surface area contributed by atoms with Crippen molar-refractivity contribution in [3.8, 4) is 5.75 Å². The maximum absolute atomic E-state index is 11.6. The van der Waals surface area contributed by atoms with Crippen LogP contribution in [0.15, 0.2) is 30.4 Å². The Morgan fingerprint density at radius 1 is 1.52 bits per heavy atom. The number of phenolic OH excluding ortho intramolecular Hbond substituents is 1. The summed E-state index contributed by atoms with van der Waals surface area (Å²) in [5, 5.41) is 9.85. The molecule has 0 aliphatic heterocycles. The van der Waals surface area contributed by atoms with Crippen LogP contribution in [-0.2, 0) is 21.4 Å². The highest BCUT2D eigenvalue weighted by molar-refractivity contribution is 5.69. The van der Waals surface area contributed by atoms with Crippen LogP contribution in [-0.4, -0.2) is 18.2 Å². The van der Waals surface area contributed by atoms with Crippen molar-refractivity contribution in [2.45, 2.75) is 44.9 Å². The van der Waals surface area contributed by atoms with E-state index in [1.54, 1.807) is 6.07 Å². The number of allylic oxidation sites excluding steroid dienone is 1. The van der Waals surface area contributed by atoms with Gasteiger partial charge in [0.15, 0.2) is 0 Å². The number of carbonyl (C=O) groups excluding carboxylic acids is 1. The quantitative estimate of drug-likeness (QED) is 0.678. The molecule has 1 aromatic carbocycles. The van der Waals surface area contributed by atoms with Gasteiger partial charge in [0.2, 0.25) is 0 Å². The molecule has 2 unspecified atom stereocenters. The van der Waals surface area contributed by atoms with Crippen LogP contribution in [0.3, 0.4) is 0 Å². The van der Waals surface area contributed by atoms with E-state index in [0.29, 0.717) is 18.8 Å². The molecule has 0 saturated heterocycles. The summed E-state index contributed by atoms with van der Waals surface area (Å²) in [5.74, 6) is 0.404. The van der Waals surface area contributed by atoms with Crippen LogP contribution in [0.5, 0.6) is 5.75 Å². The lowest BCUT2D eigenvalue weighted by molar-refractivity contribution is -0.141. The van der Waals surface area contributed by atoms with Gasteiger partial charge in [-0.3, -0.25) is 4.79 Å². The average Bonchev–Trinajstić information content (AvgIpc) is 2.45. The second-order valence-electron chi connectivity index (χ2n) is 6.27. The number of hydrogen-bond acceptors (Lipinski definition) is 3. The second kappa shape index (κ2) is 5.92. The van der Waals surface area contributed by atoms with E-state index in [1.807, 2.05) is 12.1 Å². The fraction of sp³-hybridized carbons (Fsp3) is 0.500. The zero-order chi connectivity index (χ0) is 15.6. The summed E-state index contributed by atoms with van der Waals surface area (Å²) in [6.07, 6.45) is 3.10. The minimum absolute atomic E-state index is 0.188. The minimum atomic E-state index is -0.191. The van der Waals surface area contributed by atoms with E-state index in [2.05, 4.69) is 20.4 Å². The number of aryl methyl sites for hydroxylation is 1. The van der Waals surface area contributed by atoms with Gasteiger partial charge in [-0.1, -0.05) is 25.1 Å². The van der Waals surface area contributed by atoms with Crippen LogP contribution in [0.1, 0.15) is 44.2 Å². The minimum Gasteiger partial charge on any atom is -0.508 e. The molecule has 0 bridgehead atoms. The van der Waals surface area contributed by atoms with Gasteiger partial charge in [0, 0.05) is 6.42 Å². The van der Waals surface area contributed by atoms with Crippen LogP contribution in [0, 0.1) is 5.92 Å². The van der Waals surface area contributed by atoms with Gasteiger partial charge >= 0.3 is 5.97 Å². The Hall–Kier alpha value is -1.77. The Labute approximate surface area is 126 Å². The molecule has 0 radical (unpaired) electrons. The largest absolute Gasteiger partial charge is 0.508 e. The summed E-state index contributed by atoms with van der Waals surface area (Å²) in [4.78, 5) is 11.6. The molecular formula is C18H24O3. The molecule has 21 heavy (non-hydrogen) atoms. The lowest BCUT2D eigenvalue weighted by Gasteiger charge is -2.44. The molecule has 0 spiro atoms. The monoisotopic (exact) mass is 288 g/mol. The predicted molar refractivity (Wildman–Crippen MR) is 83.3 cm³/mol. The molecule has 3 nitrogen and oxygen atoms in total. The molecule has 0 fully saturated rings. The van der Waals surface area contributed by atoms with Gasteiger partial charge in [-0.2, -0.15) is 0 Å². The Balaban J connectivity index is 2.42. The Bertz CT molecular complexity index is 562. The molecule has 0 amide bonds. The van der Waals surface area contributed by atoms with E-state index in [1.165, 1.54) is 12.7 Å². The number of carbonyl (C=O) groups is 1. The summed E-state index contributed by atoms with van der Waals surface area (Å²) >= 11 is 0. The molecule has 0 heterocycles. The smallest absolute Gasteiger partial charge is 0.305 e. The predicted octanol–water partition coefficient (Wildman–Crippen LogP) is 3.74. The van der Waals surface area contributed by atoms with Gasteiger partial charge in [-0.15, -0.1) is 0 Å². The third-order valence-electron chi connectivity index (χ3n) is 4.85. The second-order valence-corrected chi connectivity index (χ2v) is 6.27. The Kier molecular flexibility index (Phi) is 4.40. The van der Waals surface area contributed by atoms with Gasteiger partial charge in [-0.25, -0.2) is 0 Å². The van der Waals surface area contributed by atoms with Gasteiger partial charge < -0.3 is 9.84 Å². The molecule has 1 aliphatic carbocycles. The van der Waals surface area contributed by atoms with Crippen molar-refractivity contribution in [3.05, 3.63) is 41.5 Å². The first-order chi connectivity index (χ1) is 9.88. The number of esters is 1. The maximum Gasteiger partial charge on any atom is 0.305 e. The molecule has 1 aliphatic rings. The van der Waals surface area contributed by atoms with Crippen molar-refractivity contribution in [1.82, 2.24) is 0 Å². The molecule has 2 rings (SSSR count). The van der Waals surface area contributed by atoms with E-state index in [-0.39, 0.29) is 17.1 Å². The number of methoxy groups -OCH3 is 1. The molecule has 1 N–H and O–H groups in total. The van der Waals surface area contributed by atoms with E-state index >= 15 is 0 Å². The number of fused-ring (bicyclic) bond motifs is 1. The van der Waals surface area contributed by atoms with Gasteiger partial charge in [-0.05, 0) is 60.8 Å². The number of hydrogen-bond donors (Lipinski definition) is 1. The number of rotatable bonds is 4.